The van der Waals surface area contributed by atoms with Gasteiger partial charge < -0.3 is 14.1 Å². The molecule has 0 N–H and O–H groups in total. The molecule has 4 aromatic rings. The van der Waals surface area contributed by atoms with Crippen LogP contribution in [0.15, 0.2) is 89.3 Å². The molecule has 0 bridgehead atoms. The van der Waals surface area contributed by atoms with Crippen LogP contribution in [-0.4, -0.2) is 29.1 Å². The van der Waals surface area contributed by atoms with Crippen LogP contribution in [0, 0.1) is 0 Å². The highest BCUT2D eigenvalue weighted by molar-refractivity contribution is 5.77. The summed E-state index contributed by atoms with van der Waals surface area (Å²) in [5, 5.41) is 0. The molecule has 1 aromatic heterocycles. The molecular formula is C29H25F3N2O3. The lowest BCUT2D eigenvalue weighted by Crippen LogP contribution is -2.38. The highest BCUT2D eigenvalue weighted by atomic mass is 19.4. The van der Waals surface area contributed by atoms with E-state index in [1.165, 1.54) is 12.1 Å². The Bertz CT molecular complexity index is 1330. The van der Waals surface area contributed by atoms with Crippen LogP contribution >= 0.6 is 0 Å². The predicted molar refractivity (Wildman–Crippen MR) is 133 cm³/mol. The average molecular weight is 507 g/mol. The Morgan fingerprint density at radius 1 is 0.892 bits per heavy atom. The van der Waals surface area contributed by atoms with E-state index in [0.29, 0.717) is 48.8 Å². The summed E-state index contributed by atoms with van der Waals surface area (Å²) in [5.41, 5.74) is 2.05. The van der Waals surface area contributed by atoms with Gasteiger partial charge in [-0.15, -0.1) is 0 Å². The fraction of sp³-hybridized carbons (Fsp3) is 0.241. The van der Waals surface area contributed by atoms with Gasteiger partial charge in [-0.25, -0.2) is 9.78 Å². The molecule has 0 spiro atoms. The normalized spacial score (nSPS) is 14.5. The first-order chi connectivity index (χ1) is 17.9. The number of piperidine rings is 1. The molecule has 0 atom stereocenters. The van der Waals surface area contributed by atoms with Crippen molar-refractivity contribution in [2.45, 2.75) is 31.5 Å². The molecule has 1 amide bonds. The maximum absolute atomic E-state index is 13.1. The molecule has 0 aliphatic carbocycles. The van der Waals surface area contributed by atoms with Crippen molar-refractivity contribution in [2.24, 2.45) is 0 Å². The number of halogens is 3. The smallest absolute Gasteiger partial charge is 0.416 e. The second-order valence-electron chi connectivity index (χ2n) is 8.97. The van der Waals surface area contributed by atoms with E-state index >= 15 is 0 Å². The van der Waals surface area contributed by atoms with Crippen LogP contribution in [-0.2, 0) is 17.5 Å². The second-order valence-corrected chi connectivity index (χ2v) is 8.97. The molecule has 0 radical (unpaired) electrons. The number of carbonyl (C=O) groups is 1. The monoisotopic (exact) mass is 506 g/mol. The van der Waals surface area contributed by atoms with Crippen LogP contribution in [0.25, 0.3) is 22.6 Å². The number of hydrogen-bond acceptors (Lipinski definition) is 4. The van der Waals surface area contributed by atoms with Crippen molar-refractivity contribution < 1.29 is 27.1 Å². The molecule has 3 aromatic carbocycles. The molecule has 1 fully saturated rings. The summed E-state index contributed by atoms with van der Waals surface area (Å²) in [6.07, 6.45) is -3.49. The summed E-state index contributed by atoms with van der Waals surface area (Å²) in [7, 11) is 0. The number of alkyl halides is 3. The Hall–Kier alpha value is -4.07. The predicted octanol–water partition coefficient (Wildman–Crippen LogP) is 7.54. The van der Waals surface area contributed by atoms with Gasteiger partial charge in [0.25, 0.3) is 0 Å². The van der Waals surface area contributed by atoms with Crippen molar-refractivity contribution >= 4 is 6.09 Å². The molecular weight excluding hydrogens is 481 g/mol. The summed E-state index contributed by atoms with van der Waals surface area (Å²) in [4.78, 5) is 18.9. The van der Waals surface area contributed by atoms with E-state index in [1.807, 2.05) is 60.7 Å². The summed E-state index contributed by atoms with van der Waals surface area (Å²) in [5.74, 6) is 1.01. The molecule has 1 saturated heterocycles. The average Bonchev–Trinajstić information content (AvgIpc) is 3.38. The summed E-state index contributed by atoms with van der Waals surface area (Å²) < 4.78 is 50.9. The van der Waals surface area contributed by atoms with Gasteiger partial charge in [0.05, 0.1) is 5.56 Å². The van der Waals surface area contributed by atoms with Gasteiger partial charge in [-0.1, -0.05) is 72.8 Å². The zero-order chi connectivity index (χ0) is 25.8. The molecule has 0 saturated carbocycles. The van der Waals surface area contributed by atoms with Crippen molar-refractivity contribution in [3.8, 4) is 22.6 Å². The standard InChI is InChI=1S/C29H25F3N2O3/c30-29(31,32)24-13-11-21(12-14-24)25-26(22-9-5-2-6-10-22)37-27(33-25)23-15-17-34(18-16-23)28(35)36-19-20-7-3-1-4-8-20/h1-14,23H,15-19H2. The molecule has 5 nitrogen and oxygen atoms in total. The van der Waals surface area contributed by atoms with E-state index in [-0.39, 0.29) is 18.6 Å². The van der Waals surface area contributed by atoms with Crippen LogP contribution < -0.4 is 0 Å². The van der Waals surface area contributed by atoms with Gasteiger partial charge in [-0.2, -0.15) is 13.2 Å². The highest BCUT2D eigenvalue weighted by Gasteiger charge is 2.31. The number of nitrogens with zero attached hydrogens (tertiary/aromatic N) is 2. The molecule has 0 unspecified atom stereocenters. The van der Waals surface area contributed by atoms with Crippen molar-refractivity contribution in [1.82, 2.24) is 9.88 Å². The number of carbonyl (C=O) groups excluding carboxylic acids is 1. The SMILES string of the molecule is O=C(OCc1ccccc1)N1CCC(c2nc(-c3ccc(C(F)(F)F)cc3)c(-c3ccccc3)o2)CC1. The minimum Gasteiger partial charge on any atom is -0.445 e. The lowest BCUT2D eigenvalue weighted by atomic mass is 9.97. The van der Waals surface area contributed by atoms with Crippen LogP contribution in [0.1, 0.15) is 35.8 Å². The third kappa shape index (κ3) is 5.69. The van der Waals surface area contributed by atoms with Gasteiger partial charge in [0.2, 0.25) is 0 Å². The molecule has 2 heterocycles. The zero-order valence-electron chi connectivity index (χ0n) is 19.9. The molecule has 5 rings (SSSR count). The Morgan fingerprint density at radius 3 is 2.14 bits per heavy atom. The summed E-state index contributed by atoms with van der Waals surface area (Å²) >= 11 is 0. The van der Waals surface area contributed by atoms with Gasteiger partial charge in [0.15, 0.2) is 11.7 Å². The van der Waals surface area contributed by atoms with Crippen LogP contribution in [0.4, 0.5) is 18.0 Å². The van der Waals surface area contributed by atoms with Crippen LogP contribution in [0.5, 0.6) is 0 Å². The summed E-state index contributed by atoms with van der Waals surface area (Å²) in [6.45, 7) is 1.21. The maximum Gasteiger partial charge on any atom is 0.416 e. The van der Waals surface area contributed by atoms with Crippen LogP contribution in [0.3, 0.4) is 0 Å². The fourth-order valence-corrected chi connectivity index (χ4v) is 4.43. The maximum atomic E-state index is 13.1. The number of amides is 1. The summed E-state index contributed by atoms with van der Waals surface area (Å²) in [6, 6.07) is 23.8. The highest BCUT2D eigenvalue weighted by Crippen LogP contribution is 2.38. The quantitative estimate of drug-likeness (QED) is 0.281. The lowest BCUT2D eigenvalue weighted by molar-refractivity contribution is -0.137. The van der Waals surface area contributed by atoms with E-state index in [9.17, 15) is 18.0 Å². The Morgan fingerprint density at radius 2 is 1.51 bits per heavy atom. The van der Waals surface area contributed by atoms with Gasteiger partial charge >= 0.3 is 12.3 Å². The van der Waals surface area contributed by atoms with Gasteiger partial charge in [0.1, 0.15) is 12.3 Å². The molecule has 190 valence electrons. The molecule has 1 aliphatic heterocycles. The number of hydrogen-bond donors (Lipinski definition) is 0. The van der Waals surface area contributed by atoms with Crippen LogP contribution in [0.2, 0.25) is 0 Å². The van der Waals surface area contributed by atoms with Crippen molar-refractivity contribution in [1.29, 1.82) is 0 Å². The van der Waals surface area contributed by atoms with Crippen molar-refractivity contribution in [2.75, 3.05) is 13.1 Å². The van der Waals surface area contributed by atoms with E-state index < -0.39 is 11.7 Å². The first-order valence-electron chi connectivity index (χ1n) is 12.1. The van der Waals surface area contributed by atoms with Crippen molar-refractivity contribution in [3.05, 3.63) is 102 Å². The molecule has 37 heavy (non-hydrogen) atoms. The fourth-order valence-electron chi connectivity index (χ4n) is 4.43. The largest absolute Gasteiger partial charge is 0.445 e. The Balaban J connectivity index is 1.32. The van der Waals surface area contributed by atoms with E-state index in [1.54, 1.807) is 4.90 Å². The second kappa shape index (κ2) is 10.5. The number of ether oxygens (including phenoxy) is 1. The Kier molecular flexibility index (Phi) is 6.99. The minimum atomic E-state index is -4.41. The zero-order valence-corrected chi connectivity index (χ0v) is 19.9. The first-order valence-corrected chi connectivity index (χ1v) is 12.1. The van der Waals surface area contributed by atoms with Gasteiger partial charge in [-0.05, 0) is 30.5 Å². The number of rotatable bonds is 5. The number of benzene rings is 3. The van der Waals surface area contributed by atoms with Gasteiger partial charge in [0, 0.05) is 30.1 Å². The topological polar surface area (TPSA) is 55.6 Å². The minimum absolute atomic E-state index is 0.0242. The number of oxazole rings is 1. The Labute approximate surface area is 212 Å². The van der Waals surface area contributed by atoms with E-state index in [2.05, 4.69) is 0 Å². The number of aromatic nitrogens is 1. The van der Waals surface area contributed by atoms with Gasteiger partial charge in [-0.3, -0.25) is 0 Å². The first kappa shape index (κ1) is 24.6. The van der Waals surface area contributed by atoms with E-state index in [0.717, 1.165) is 23.3 Å². The lowest BCUT2D eigenvalue weighted by Gasteiger charge is -2.29. The third-order valence-corrected chi connectivity index (χ3v) is 6.47. The number of likely N-dealkylation sites (tertiary alicyclic amines) is 1. The third-order valence-electron chi connectivity index (χ3n) is 6.47. The molecule has 1 aliphatic rings. The van der Waals surface area contributed by atoms with Crippen molar-refractivity contribution in [3.63, 3.8) is 0 Å². The molecule has 8 heteroatoms. The van der Waals surface area contributed by atoms with E-state index in [4.69, 9.17) is 14.1 Å².